The zero-order valence-electron chi connectivity index (χ0n) is 14.4. The van der Waals surface area contributed by atoms with E-state index in [0.717, 1.165) is 32.7 Å². The lowest BCUT2D eigenvalue weighted by Crippen LogP contribution is -1.95. The molecule has 4 rings (SSSR count). The second-order valence-electron chi connectivity index (χ2n) is 5.70. The molecule has 2 aromatic heterocycles. The third-order valence-electron chi connectivity index (χ3n) is 4.03. The smallest absolute Gasteiger partial charge is 0.159 e. The van der Waals surface area contributed by atoms with Crippen molar-refractivity contribution in [2.45, 2.75) is 0 Å². The predicted octanol–water partition coefficient (Wildman–Crippen LogP) is 5.47. The molecule has 0 aliphatic carbocycles. The molecule has 0 saturated heterocycles. The normalized spacial score (nSPS) is 11.2. The molecule has 0 aliphatic heterocycles. The Hall–Kier alpha value is -2.96. The minimum atomic E-state index is 0.663. The monoisotopic (exact) mass is 394 g/mol. The number of ether oxygens (including phenoxy) is 1. The number of hydrogen-bond acceptors (Lipinski definition) is 6. The van der Waals surface area contributed by atoms with Crippen LogP contribution in [0.5, 0.6) is 5.75 Å². The Labute approximate surface area is 165 Å². The van der Waals surface area contributed by atoms with Gasteiger partial charge in [-0.05, 0) is 47.5 Å². The Bertz CT molecular complexity index is 1090. The van der Waals surface area contributed by atoms with Crippen molar-refractivity contribution in [2.75, 3.05) is 12.5 Å². The molecule has 27 heavy (non-hydrogen) atoms. The Kier molecular flexibility index (Phi) is 5.00. The van der Waals surface area contributed by atoms with Crippen LogP contribution in [0.4, 0.5) is 5.82 Å². The average molecular weight is 395 g/mol. The highest BCUT2D eigenvalue weighted by molar-refractivity contribution is 7.17. The van der Waals surface area contributed by atoms with Crippen LogP contribution in [0.1, 0.15) is 5.56 Å². The summed E-state index contributed by atoms with van der Waals surface area (Å²) in [5.74, 6) is 1.47. The van der Waals surface area contributed by atoms with E-state index >= 15 is 0 Å². The molecule has 0 fully saturated rings. The van der Waals surface area contributed by atoms with Crippen LogP contribution in [0, 0.1) is 0 Å². The second-order valence-corrected chi connectivity index (χ2v) is 7.00. The molecule has 7 heteroatoms. The molecule has 0 aliphatic rings. The predicted molar refractivity (Wildman–Crippen MR) is 112 cm³/mol. The van der Waals surface area contributed by atoms with Gasteiger partial charge in [-0.2, -0.15) is 5.10 Å². The average Bonchev–Trinajstić information content (AvgIpc) is 3.14. The zero-order valence-corrected chi connectivity index (χ0v) is 16.0. The molecule has 2 heterocycles. The summed E-state index contributed by atoms with van der Waals surface area (Å²) in [6, 6.07) is 15.4. The fourth-order valence-corrected chi connectivity index (χ4v) is 3.70. The molecule has 1 N–H and O–H groups in total. The number of benzene rings is 2. The van der Waals surface area contributed by atoms with Crippen molar-refractivity contribution in [1.82, 2.24) is 9.97 Å². The van der Waals surface area contributed by atoms with E-state index in [2.05, 4.69) is 25.9 Å². The fraction of sp³-hybridized carbons (Fsp3) is 0.0500. The molecular weight excluding hydrogens is 380 g/mol. The van der Waals surface area contributed by atoms with Gasteiger partial charge < -0.3 is 4.74 Å². The summed E-state index contributed by atoms with van der Waals surface area (Å²) in [6.45, 7) is 0. The summed E-state index contributed by atoms with van der Waals surface area (Å²) >= 11 is 7.58. The van der Waals surface area contributed by atoms with Crippen LogP contribution in [0.15, 0.2) is 65.3 Å². The zero-order chi connectivity index (χ0) is 18.6. The molecule has 0 bridgehead atoms. The third kappa shape index (κ3) is 3.77. The lowest BCUT2D eigenvalue weighted by atomic mass is 10.1. The van der Waals surface area contributed by atoms with Crippen molar-refractivity contribution in [3.05, 3.63) is 70.8 Å². The first kappa shape index (κ1) is 17.5. The first-order valence-corrected chi connectivity index (χ1v) is 9.41. The number of thiophene rings is 1. The van der Waals surface area contributed by atoms with Gasteiger partial charge in [0.1, 0.15) is 16.9 Å². The van der Waals surface area contributed by atoms with Gasteiger partial charge in [0.05, 0.1) is 18.7 Å². The van der Waals surface area contributed by atoms with Gasteiger partial charge in [0.15, 0.2) is 5.82 Å². The standard InChI is InChI=1S/C20H15ClN4OS/c1-26-16-8-2-13(3-9-16)10-24-25-19-18-17(11-27-20(18)23-12-22-19)14-4-6-15(21)7-5-14/h2-12H,1H3,(H,22,23,25). The summed E-state index contributed by atoms with van der Waals surface area (Å²) < 4.78 is 5.16. The van der Waals surface area contributed by atoms with Gasteiger partial charge >= 0.3 is 0 Å². The van der Waals surface area contributed by atoms with E-state index in [1.54, 1.807) is 24.7 Å². The summed E-state index contributed by atoms with van der Waals surface area (Å²) in [6.07, 6.45) is 3.28. The van der Waals surface area contributed by atoms with E-state index in [1.807, 2.05) is 48.5 Å². The van der Waals surface area contributed by atoms with Gasteiger partial charge in [-0.3, -0.25) is 5.43 Å². The number of methoxy groups -OCH3 is 1. The lowest BCUT2D eigenvalue weighted by Gasteiger charge is -2.05. The first-order chi connectivity index (χ1) is 13.2. The van der Waals surface area contributed by atoms with Crippen molar-refractivity contribution in [1.29, 1.82) is 0 Å². The van der Waals surface area contributed by atoms with Crippen LogP contribution in [0.2, 0.25) is 5.02 Å². The Morgan fingerprint density at radius 2 is 1.85 bits per heavy atom. The third-order valence-corrected chi connectivity index (χ3v) is 5.16. The van der Waals surface area contributed by atoms with Crippen LogP contribution in [-0.2, 0) is 0 Å². The minimum Gasteiger partial charge on any atom is -0.497 e. The number of rotatable bonds is 5. The van der Waals surface area contributed by atoms with Gasteiger partial charge in [0.2, 0.25) is 0 Å². The molecular formula is C20H15ClN4OS. The lowest BCUT2D eigenvalue weighted by molar-refractivity contribution is 0.415. The van der Waals surface area contributed by atoms with E-state index in [-0.39, 0.29) is 0 Å². The topological polar surface area (TPSA) is 59.4 Å². The maximum atomic E-state index is 6.01. The maximum Gasteiger partial charge on any atom is 0.159 e. The number of hydrogen-bond donors (Lipinski definition) is 1. The number of aromatic nitrogens is 2. The Balaban J connectivity index is 1.64. The van der Waals surface area contributed by atoms with Crippen molar-refractivity contribution in [2.24, 2.45) is 5.10 Å². The largest absolute Gasteiger partial charge is 0.497 e. The minimum absolute atomic E-state index is 0.663. The molecule has 0 saturated carbocycles. The van der Waals surface area contributed by atoms with E-state index in [0.29, 0.717) is 10.8 Å². The SMILES string of the molecule is COc1ccc(C=NNc2ncnc3scc(-c4ccc(Cl)cc4)c23)cc1. The van der Waals surface area contributed by atoms with Crippen LogP contribution in [0.3, 0.4) is 0 Å². The molecule has 5 nitrogen and oxygen atoms in total. The van der Waals surface area contributed by atoms with Crippen LogP contribution in [0.25, 0.3) is 21.3 Å². The van der Waals surface area contributed by atoms with Crippen molar-refractivity contribution >= 4 is 45.2 Å². The number of anilines is 1. The van der Waals surface area contributed by atoms with Crippen molar-refractivity contribution in [3.63, 3.8) is 0 Å². The van der Waals surface area contributed by atoms with E-state index in [1.165, 1.54) is 6.33 Å². The molecule has 134 valence electrons. The highest BCUT2D eigenvalue weighted by Gasteiger charge is 2.12. The van der Waals surface area contributed by atoms with E-state index < -0.39 is 0 Å². The second kappa shape index (κ2) is 7.73. The van der Waals surface area contributed by atoms with Crippen LogP contribution in [-0.4, -0.2) is 23.3 Å². The molecule has 0 radical (unpaired) electrons. The molecule has 0 unspecified atom stereocenters. The summed E-state index contributed by atoms with van der Waals surface area (Å²) in [5, 5.41) is 8.04. The number of hydrazone groups is 1. The van der Waals surface area contributed by atoms with Gasteiger partial charge in [-0.15, -0.1) is 11.3 Å². The Morgan fingerprint density at radius 1 is 1.07 bits per heavy atom. The number of nitrogens with one attached hydrogen (secondary N) is 1. The summed E-state index contributed by atoms with van der Waals surface area (Å²) in [7, 11) is 1.64. The summed E-state index contributed by atoms with van der Waals surface area (Å²) in [4.78, 5) is 9.63. The molecule has 2 aromatic carbocycles. The van der Waals surface area contributed by atoms with E-state index in [9.17, 15) is 0 Å². The Morgan fingerprint density at radius 3 is 2.59 bits per heavy atom. The highest BCUT2D eigenvalue weighted by atomic mass is 35.5. The van der Waals surface area contributed by atoms with Gasteiger partial charge in [0.25, 0.3) is 0 Å². The number of halogens is 1. The van der Waals surface area contributed by atoms with Crippen molar-refractivity contribution in [3.8, 4) is 16.9 Å². The summed E-state index contributed by atoms with van der Waals surface area (Å²) in [5.41, 5.74) is 6.10. The number of nitrogens with zero attached hydrogens (tertiary/aromatic N) is 3. The molecule has 4 aromatic rings. The van der Waals surface area contributed by atoms with E-state index in [4.69, 9.17) is 16.3 Å². The molecule has 0 atom stereocenters. The van der Waals surface area contributed by atoms with Gasteiger partial charge in [0, 0.05) is 16.0 Å². The van der Waals surface area contributed by atoms with Gasteiger partial charge in [-0.1, -0.05) is 23.7 Å². The van der Waals surface area contributed by atoms with Gasteiger partial charge in [-0.25, -0.2) is 9.97 Å². The van der Waals surface area contributed by atoms with Crippen molar-refractivity contribution < 1.29 is 4.74 Å². The maximum absolute atomic E-state index is 6.01. The van der Waals surface area contributed by atoms with Crippen LogP contribution < -0.4 is 10.2 Å². The fourth-order valence-electron chi connectivity index (χ4n) is 2.66. The highest BCUT2D eigenvalue weighted by Crippen LogP contribution is 2.36. The quantitative estimate of drug-likeness (QED) is 0.360. The van der Waals surface area contributed by atoms with Crippen LogP contribution >= 0.6 is 22.9 Å². The molecule has 0 spiro atoms. The first-order valence-electron chi connectivity index (χ1n) is 8.16. The number of fused-ring (bicyclic) bond motifs is 1. The molecule has 0 amide bonds.